The molecular weight excluding hydrogens is 316 g/mol. The van der Waals surface area contributed by atoms with Gasteiger partial charge in [-0.3, -0.25) is 14.9 Å². The molecule has 0 radical (unpaired) electrons. The summed E-state index contributed by atoms with van der Waals surface area (Å²) in [6.45, 7) is 6.48. The lowest BCUT2D eigenvalue weighted by Crippen LogP contribution is -2.31. The van der Waals surface area contributed by atoms with Crippen LogP contribution in [0.2, 0.25) is 0 Å². The zero-order valence-electron chi connectivity index (χ0n) is 13.8. The first-order valence-corrected chi connectivity index (χ1v) is 7.34. The normalized spacial score (nSPS) is 15.9. The van der Waals surface area contributed by atoms with Gasteiger partial charge in [0.25, 0.3) is 5.69 Å². The fraction of sp³-hybridized carbons (Fsp3) is 0.375. The second kappa shape index (κ2) is 6.31. The monoisotopic (exact) mass is 334 g/mol. The highest BCUT2D eigenvalue weighted by Crippen LogP contribution is 2.34. The summed E-state index contributed by atoms with van der Waals surface area (Å²) >= 11 is 0. The average molecular weight is 334 g/mol. The molecule has 1 heterocycles. The van der Waals surface area contributed by atoms with Gasteiger partial charge in [-0.15, -0.1) is 0 Å². The minimum Gasteiger partial charge on any atom is -0.464 e. The number of nitro benzene ring substituents is 1. The molecule has 0 fully saturated rings. The van der Waals surface area contributed by atoms with Crippen LogP contribution in [0.15, 0.2) is 29.7 Å². The number of nitro groups is 1. The number of ketones is 1. The zero-order chi connectivity index (χ0) is 18.1. The Morgan fingerprint density at radius 3 is 2.67 bits per heavy atom. The van der Waals surface area contributed by atoms with E-state index in [4.69, 9.17) is 9.47 Å². The lowest BCUT2D eigenvalue weighted by atomic mass is 10.00. The van der Waals surface area contributed by atoms with Crippen molar-refractivity contribution >= 4 is 23.1 Å². The number of ether oxygens (including phenoxy) is 2. The highest BCUT2D eigenvalue weighted by molar-refractivity contribution is 6.22. The second-order valence-corrected chi connectivity index (χ2v) is 5.77. The molecule has 8 heteroatoms. The van der Waals surface area contributed by atoms with Crippen molar-refractivity contribution in [2.24, 2.45) is 0 Å². The van der Waals surface area contributed by atoms with Gasteiger partial charge in [-0.05, 0) is 39.3 Å². The summed E-state index contributed by atoms with van der Waals surface area (Å²) < 4.78 is 10.4. The van der Waals surface area contributed by atoms with Crippen LogP contribution >= 0.6 is 0 Å². The number of Topliss-reactive ketones (excluding diaryl/α,β-unsaturated/α-hetero) is 1. The molecule has 1 N–H and O–H groups in total. The number of nitrogens with one attached hydrogen (secondary N) is 1. The van der Waals surface area contributed by atoms with E-state index in [1.165, 1.54) is 26.0 Å². The van der Waals surface area contributed by atoms with Crippen molar-refractivity contribution in [3.63, 3.8) is 0 Å². The van der Waals surface area contributed by atoms with Gasteiger partial charge in [-0.1, -0.05) is 6.07 Å². The van der Waals surface area contributed by atoms with Crippen LogP contribution in [-0.2, 0) is 19.1 Å². The zero-order valence-corrected chi connectivity index (χ0v) is 13.8. The van der Waals surface area contributed by atoms with Gasteiger partial charge >= 0.3 is 5.97 Å². The average Bonchev–Trinajstić information content (AvgIpc) is 2.68. The highest BCUT2D eigenvalue weighted by atomic mass is 16.6. The van der Waals surface area contributed by atoms with Gasteiger partial charge in [0, 0.05) is 6.07 Å². The molecule has 0 atom stereocenters. The van der Waals surface area contributed by atoms with Crippen molar-refractivity contribution in [2.75, 3.05) is 11.9 Å². The van der Waals surface area contributed by atoms with Crippen LogP contribution in [0.3, 0.4) is 0 Å². The van der Waals surface area contributed by atoms with Gasteiger partial charge in [0.1, 0.15) is 5.69 Å². The number of hydrogen-bond acceptors (Lipinski definition) is 7. The first kappa shape index (κ1) is 17.5. The van der Waals surface area contributed by atoms with Gasteiger partial charge < -0.3 is 14.8 Å². The van der Waals surface area contributed by atoms with E-state index < -0.39 is 22.3 Å². The number of benzene rings is 1. The fourth-order valence-corrected chi connectivity index (χ4v) is 2.26. The lowest BCUT2D eigenvalue weighted by molar-refractivity contribution is -0.384. The summed E-state index contributed by atoms with van der Waals surface area (Å²) in [6.07, 6.45) is 0. The summed E-state index contributed by atoms with van der Waals surface area (Å²) in [5, 5.41) is 13.9. The second-order valence-electron chi connectivity index (χ2n) is 5.77. The van der Waals surface area contributed by atoms with Crippen molar-refractivity contribution in [1.82, 2.24) is 0 Å². The number of rotatable bonds is 5. The summed E-state index contributed by atoms with van der Waals surface area (Å²) in [5.74, 6) is -1.51. The van der Waals surface area contributed by atoms with Crippen LogP contribution in [-0.4, -0.2) is 28.9 Å². The molecule has 24 heavy (non-hydrogen) atoms. The number of carbonyl (C=O) groups excluding carboxylic acids is 2. The van der Waals surface area contributed by atoms with E-state index >= 15 is 0 Å². The van der Waals surface area contributed by atoms with Crippen LogP contribution in [0.1, 0.15) is 26.3 Å². The van der Waals surface area contributed by atoms with Gasteiger partial charge in [0.05, 0.1) is 11.5 Å². The predicted octanol–water partition coefficient (Wildman–Crippen LogP) is 2.47. The number of aryl methyl sites for hydroxylation is 1. The van der Waals surface area contributed by atoms with Crippen molar-refractivity contribution in [3.8, 4) is 0 Å². The summed E-state index contributed by atoms with van der Waals surface area (Å²) in [5.41, 5.74) is -0.842. The summed E-state index contributed by atoms with van der Waals surface area (Å²) in [4.78, 5) is 35.1. The maximum absolute atomic E-state index is 12.4. The van der Waals surface area contributed by atoms with Gasteiger partial charge in [-0.2, -0.15) is 0 Å². The van der Waals surface area contributed by atoms with E-state index in [1.54, 1.807) is 19.9 Å². The minimum absolute atomic E-state index is 0.0912. The molecule has 0 saturated heterocycles. The predicted molar refractivity (Wildman–Crippen MR) is 85.3 cm³/mol. The van der Waals surface area contributed by atoms with Crippen LogP contribution in [0.5, 0.6) is 0 Å². The first-order valence-electron chi connectivity index (χ1n) is 7.34. The number of nitrogens with zero attached hydrogens (tertiary/aromatic N) is 1. The maximum atomic E-state index is 12.4. The van der Waals surface area contributed by atoms with E-state index in [9.17, 15) is 19.7 Å². The minimum atomic E-state index is -1.26. The summed E-state index contributed by atoms with van der Waals surface area (Å²) in [7, 11) is 0. The smallest absolute Gasteiger partial charge is 0.347 e. The molecule has 1 aromatic rings. The first-order chi connectivity index (χ1) is 11.2. The topological polar surface area (TPSA) is 108 Å². The molecule has 0 unspecified atom stereocenters. The SMILES string of the molecule is CCOC(=O)C1=C(Nc2cc(C)ccc2[N+](=O)[O-])OC(C)(C)C1=O. The standard InChI is InChI=1S/C16H18N2O6/c1-5-23-15(20)12-13(19)16(3,4)24-14(12)17-10-8-9(2)6-7-11(10)18(21)22/h6-8,17H,5H2,1-4H3. The lowest BCUT2D eigenvalue weighted by Gasteiger charge is -2.18. The highest BCUT2D eigenvalue weighted by Gasteiger charge is 2.46. The van der Waals surface area contributed by atoms with Crippen molar-refractivity contribution < 1.29 is 24.0 Å². The molecular formula is C16H18N2O6. The van der Waals surface area contributed by atoms with Gasteiger partial charge in [-0.25, -0.2) is 4.79 Å². The van der Waals surface area contributed by atoms with Crippen molar-refractivity contribution in [1.29, 1.82) is 0 Å². The number of anilines is 1. The third kappa shape index (κ3) is 3.22. The van der Waals surface area contributed by atoms with E-state index in [1.807, 2.05) is 0 Å². The molecule has 0 aliphatic carbocycles. The Balaban J connectivity index is 2.49. The van der Waals surface area contributed by atoms with Crippen molar-refractivity contribution in [3.05, 3.63) is 45.3 Å². The fourth-order valence-electron chi connectivity index (χ4n) is 2.26. The quantitative estimate of drug-likeness (QED) is 0.381. The Morgan fingerprint density at radius 1 is 1.42 bits per heavy atom. The van der Waals surface area contributed by atoms with E-state index in [-0.39, 0.29) is 29.4 Å². The molecule has 128 valence electrons. The number of carbonyl (C=O) groups is 2. The molecule has 0 aromatic heterocycles. The van der Waals surface area contributed by atoms with Crippen LogP contribution in [0.4, 0.5) is 11.4 Å². The molecule has 1 aliphatic heterocycles. The third-order valence-corrected chi connectivity index (χ3v) is 3.43. The molecule has 8 nitrogen and oxygen atoms in total. The molecule has 2 rings (SSSR count). The van der Waals surface area contributed by atoms with Gasteiger partial charge in [0.2, 0.25) is 11.7 Å². The number of hydrogen-bond donors (Lipinski definition) is 1. The van der Waals surface area contributed by atoms with Crippen LogP contribution in [0, 0.1) is 17.0 Å². The van der Waals surface area contributed by atoms with E-state index in [2.05, 4.69) is 5.32 Å². The largest absolute Gasteiger partial charge is 0.464 e. The van der Waals surface area contributed by atoms with E-state index in [0.29, 0.717) is 0 Å². The molecule has 0 saturated carbocycles. The molecule has 0 spiro atoms. The Hall–Kier alpha value is -2.90. The van der Waals surface area contributed by atoms with Crippen LogP contribution in [0.25, 0.3) is 0 Å². The van der Waals surface area contributed by atoms with Gasteiger partial charge in [0.15, 0.2) is 11.2 Å². The number of esters is 1. The summed E-state index contributed by atoms with van der Waals surface area (Å²) in [6, 6.07) is 4.46. The third-order valence-electron chi connectivity index (χ3n) is 3.43. The molecule has 1 aliphatic rings. The Kier molecular flexibility index (Phi) is 4.59. The maximum Gasteiger partial charge on any atom is 0.347 e. The molecule has 0 bridgehead atoms. The molecule has 0 amide bonds. The molecule has 1 aromatic carbocycles. The van der Waals surface area contributed by atoms with E-state index in [0.717, 1.165) is 5.56 Å². The Labute approximate surface area is 138 Å². The van der Waals surface area contributed by atoms with Crippen LogP contribution < -0.4 is 5.32 Å². The van der Waals surface area contributed by atoms with Crippen molar-refractivity contribution in [2.45, 2.75) is 33.3 Å². The Bertz CT molecular complexity index is 751. The Morgan fingerprint density at radius 2 is 2.08 bits per heavy atom.